The van der Waals surface area contributed by atoms with E-state index in [9.17, 15) is 4.79 Å². The summed E-state index contributed by atoms with van der Waals surface area (Å²) in [6.45, 7) is 0. The lowest BCUT2D eigenvalue weighted by molar-refractivity contribution is -0.139. The van der Waals surface area contributed by atoms with Crippen molar-refractivity contribution in [3.63, 3.8) is 0 Å². The average Bonchev–Trinajstić information content (AvgIpc) is 2.27. The molecule has 15 heavy (non-hydrogen) atoms. The molecule has 0 aromatic heterocycles. The number of aryl methyl sites for hydroxylation is 1. The first-order valence-corrected chi connectivity index (χ1v) is 5.26. The second-order valence-electron chi connectivity index (χ2n) is 4.06. The van der Waals surface area contributed by atoms with Gasteiger partial charge in [-0.15, -0.1) is 0 Å². The van der Waals surface area contributed by atoms with Crippen molar-refractivity contribution in [2.45, 2.75) is 31.2 Å². The highest BCUT2D eigenvalue weighted by Crippen LogP contribution is 2.33. The molecule has 0 unspecified atom stereocenters. The summed E-state index contributed by atoms with van der Waals surface area (Å²) in [4.78, 5) is 10.9. The second-order valence-corrected chi connectivity index (χ2v) is 4.06. The number of nitrogens with two attached hydrogens (primary N) is 1. The van der Waals surface area contributed by atoms with Crippen molar-refractivity contribution in [1.29, 1.82) is 0 Å². The maximum atomic E-state index is 10.9. The van der Waals surface area contributed by atoms with Crippen LogP contribution < -0.4 is 5.73 Å². The maximum absolute atomic E-state index is 10.9. The molecule has 0 spiro atoms. The zero-order valence-corrected chi connectivity index (χ0v) is 8.52. The van der Waals surface area contributed by atoms with Gasteiger partial charge in [0.15, 0.2) is 0 Å². The van der Waals surface area contributed by atoms with Gasteiger partial charge in [0.2, 0.25) is 0 Å². The summed E-state index contributed by atoms with van der Waals surface area (Å²) in [7, 11) is 0. The SMILES string of the molecule is N[C@@H](C(=O)O)[C@H]1CCCc2ccccc21. The third-order valence-corrected chi connectivity index (χ3v) is 3.13. The fourth-order valence-electron chi connectivity index (χ4n) is 2.34. The van der Waals surface area contributed by atoms with E-state index >= 15 is 0 Å². The standard InChI is InChI=1S/C12H15NO2/c13-11(12(14)15)10-7-3-5-8-4-1-2-6-9(8)10/h1-2,4,6,10-11H,3,5,7,13H2,(H,14,15)/t10-,11+/m0/s1. The third kappa shape index (κ3) is 1.88. The number of carboxylic acids is 1. The number of aliphatic carboxylic acids is 1. The van der Waals surface area contributed by atoms with Crippen LogP contribution >= 0.6 is 0 Å². The van der Waals surface area contributed by atoms with Gasteiger partial charge in [-0.2, -0.15) is 0 Å². The summed E-state index contributed by atoms with van der Waals surface area (Å²) in [6.07, 6.45) is 2.95. The molecule has 3 N–H and O–H groups in total. The molecule has 2 atom stereocenters. The number of hydrogen-bond acceptors (Lipinski definition) is 2. The van der Waals surface area contributed by atoms with Crippen molar-refractivity contribution in [1.82, 2.24) is 0 Å². The van der Waals surface area contributed by atoms with E-state index in [1.54, 1.807) is 0 Å². The molecule has 0 aliphatic heterocycles. The Labute approximate surface area is 88.9 Å². The second kappa shape index (κ2) is 4.03. The van der Waals surface area contributed by atoms with Gasteiger partial charge in [0.25, 0.3) is 0 Å². The Morgan fingerprint density at radius 3 is 2.93 bits per heavy atom. The van der Waals surface area contributed by atoms with Gasteiger partial charge in [-0.3, -0.25) is 4.79 Å². The summed E-state index contributed by atoms with van der Waals surface area (Å²) >= 11 is 0. The largest absolute Gasteiger partial charge is 0.480 e. The number of carbonyl (C=O) groups is 1. The van der Waals surface area contributed by atoms with Gasteiger partial charge in [0.1, 0.15) is 6.04 Å². The van der Waals surface area contributed by atoms with Gasteiger partial charge < -0.3 is 10.8 Å². The molecule has 3 nitrogen and oxygen atoms in total. The van der Waals surface area contributed by atoms with Crippen molar-refractivity contribution in [2.24, 2.45) is 5.73 Å². The fourth-order valence-corrected chi connectivity index (χ4v) is 2.34. The minimum Gasteiger partial charge on any atom is -0.480 e. The van der Waals surface area contributed by atoms with Crippen LogP contribution in [0.4, 0.5) is 0 Å². The van der Waals surface area contributed by atoms with Crippen molar-refractivity contribution in [3.8, 4) is 0 Å². The van der Waals surface area contributed by atoms with Crippen LogP contribution in [0.1, 0.15) is 29.9 Å². The predicted octanol–water partition coefficient (Wildman–Crippen LogP) is 1.52. The molecule has 1 aromatic rings. The molecule has 80 valence electrons. The number of benzene rings is 1. The van der Waals surface area contributed by atoms with E-state index in [4.69, 9.17) is 10.8 Å². The monoisotopic (exact) mass is 205 g/mol. The van der Waals surface area contributed by atoms with Crippen LogP contribution in [0.2, 0.25) is 0 Å². The zero-order valence-electron chi connectivity index (χ0n) is 8.52. The minimum absolute atomic E-state index is 0.0209. The van der Waals surface area contributed by atoms with Crippen molar-refractivity contribution in [3.05, 3.63) is 35.4 Å². The molecule has 2 rings (SSSR count). The van der Waals surface area contributed by atoms with Gasteiger partial charge in [-0.25, -0.2) is 0 Å². The van der Waals surface area contributed by atoms with Crippen LogP contribution in [0.25, 0.3) is 0 Å². The molecular formula is C12H15NO2. The quantitative estimate of drug-likeness (QED) is 0.769. The summed E-state index contributed by atoms with van der Waals surface area (Å²) < 4.78 is 0. The van der Waals surface area contributed by atoms with Crippen LogP contribution in [0, 0.1) is 0 Å². The van der Waals surface area contributed by atoms with E-state index in [-0.39, 0.29) is 5.92 Å². The van der Waals surface area contributed by atoms with Crippen LogP contribution in [0.5, 0.6) is 0 Å². The van der Waals surface area contributed by atoms with Crippen LogP contribution in [0.3, 0.4) is 0 Å². The molecule has 0 saturated carbocycles. The lowest BCUT2D eigenvalue weighted by Gasteiger charge is -2.27. The van der Waals surface area contributed by atoms with Gasteiger partial charge in [-0.05, 0) is 30.4 Å². The average molecular weight is 205 g/mol. The molecule has 0 radical (unpaired) electrons. The van der Waals surface area contributed by atoms with Crippen LogP contribution in [0.15, 0.2) is 24.3 Å². The molecule has 0 saturated heterocycles. The number of carboxylic acid groups (broad SMARTS) is 1. The highest BCUT2D eigenvalue weighted by atomic mass is 16.4. The summed E-state index contributed by atoms with van der Waals surface area (Å²) in [5.41, 5.74) is 8.09. The molecule has 0 bridgehead atoms. The van der Waals surface area contributed by atoms with Gasteiger partial charge in [0.05, 0.1) is 0 Å². The smallest absolute Gasteiger partial charge is 0.321 e. The van der Waals surface area contributed by atoms with Crippen LogP contribution in [-0.2, 0) is 11.2 Å². The molecule has 1 aliphatic rings. The van der Waals surface area contributed by atoms with Crippen molar-refractivity contribution >= 4 is 5.97 Å². The molecule has 1 aromatic carbocycles. The molecule has 0 heterocycles. The van der Waals surface area contributed by atoms with E-state index in [2.05, 4.69) is 6.07 Å². The minimum atomic E-state index is -0.906. The summed E-state index contributed by atoms with van der Waals surface area (Å²) in [5.74, 6) is -0.927. The first-order valence-electron chi connectivity index (χ1n) is 5.26. The molecule has 3 heteroatoms. The van der Waals surface area contributed by atoms with Gasteiger partial charge >= 0.3 is 5.97 Å². The van der Waals surface area contributed by atoms with Crippen molar-refractivity contribution in [2.75, 3.05) is 0 Å². The lowest BCUT2D eigenvalue weighted by Crippen LogP contribution is -2.38. The number of rotatable bonds is 2. The molecular weight excluding hydrogens is 190 g/mol. The Morgan fingerprint density at radius 2 is 2.20 bits per heavy atom. The predicted molar refractivity (Wildman–Crippen MR) is 57.7 cm³/mol. The first kappa shape index (κ1) is 10.2. The normalized spacial score (nSPS) is 21.8. The summed E-state index contributed by atoms with van der Waals surface area (Å²) in [6, 6.07) is 7.24. The lowest BCUT2D eigenvalue weighted by atomic mass is 9.79. The third-order valence-electron chi connectivity index (χ3n) is 3.13. The Balaban J connectivity index is 2.33. The molecule has 1 aliphatic carbocycles. The number of fused-ring (bicyclic) bond motifs is 1. The molecule has 0 amide bonds. The van der Waals surface area contributed by atoms with E-state index < -0.39 is 12.0 Å². The maximum Gasteiger partial charge on any atom is 0.321 e. The highest BCUT2D eigenvalue weighted by Gasteiger charge is 2.29. The van der Waals surface area contributed by atoms with Gasteiger partial charge in [0, 0.05) is 5.92 Å². The molecule has 0 fully saturated rings. The summed E-state index contributed by atoms with van der Waals surface area (Å²) in [5, 5.41) is 8.93. The Kier molecular flexibility index (Phi) is 2.73. The number of hydrogen-bond donors (Lipinski definition) is 2. The van der Waals surface area contributed by atoms with Crippen molar-refractivity contribution < 1.29 is 9.90 Å². The van der Waals surface area contributed by atoms with E-state index in [1.807, 2.05) is 18.2 Å². The van der Waals surface area contributed by atoms with E-state index in [0.29, 0.717) is 0 Å². The van der Waals surface area contributed by atoms with Crippen LogP contribution in [-0.4, -0.2) is 17.1 Å². The Morgan fingerprint density at radius 1 is 1.47 bits per heavy atom. The highest BCUT2D eigenvalue weighted by molar-refractivity contribution is 5.74. The Bertz CT molecular complexity index is 376. The van der Waals surface area contributed by atoms with E-state index in [1.165, 1.54) is 5.56 Å². The fraction of sp³-hybridized carbons (Fsp3) is 0.417. The van der Waals surface area contributed by atoms with E-state index in [0.717, 1.165) is 24.8 Å². The topological polar surface area (TPSA) is 63.3 Å². The zero-order chi connectivity index (χ0) is 10.8. The Hall–Kier alpha value is -1.35. The van der Waals surface area contributed by atoms with Gasteiger partial charge in [-0.1, -0.05) is 24.3 Å². The first-order chi connectivity index (χ1) is 7.20.